The molecule has 0 bridgehead atoms. The van der Waals surface area contributed by atoms with Crippen molar-refractivity contribution in [3.05, 3.63) is 63.2 Å². The van der Waals surface area contributed by atoms with E-state index in [9.17, 15) is 14.9 Å². The van der Waals surface area contributed by atoms with Crippen LogP contribution in [0.1, 0.15) is 16.7 Å². The van der Waals surface area contributed by atoms with Crippen LogP contribution in [0.4, 0.5) is 11.4 Å². The van der Waals surface area contributed by atoms with E-state index in [1.54, 1.807) is 19.1 Å². The molecule has 120 valence electrons. The van der Waals surface area contributed by atoms with Gasteiger partial charge in [0.25, 0.3) is 11.6 Å². The van der Waals surface area contributed by atoms with Crippen LogP contribution in [0.2, 0.25) is 0 Å². The number of carbonyl (C=O) groups is 1. The first-order valence-corrected chi connectivity index (χ1v) is 7.12. The van der Waals surface area contributed by atoms with Gasteiger partial charge in [0, 0.05) is 6.07 Å². The van der Waals surface area contributed by atoms with Crippen molar-refractivity contribution in [3.63, 3.8) is 0 Å². The quantitative estimate of drug-likeness (QED) is 0.676. The SMILES string of the molecule is Cc1cc(NC(=O)COc2ccccc2C)c([N+](=O)[O-])cc1C. The van der Waals surface area contributed by atoms with E-state index >= 15 is 0 Å². The number of aryl methyl sites for hydroxylation is 3. The molecule has 0 aromatic heterocycles. The number of rotatable bonds is 5. The molecule has 1 amide bonds. The zero-order valence-corrected chi connectivity index (χ0v) is 13.3. The summed E-state index contributed by atoms with van der Waals surface area (Å²) in [6, 6.07) is 10.4. The van der Waals surface area contributed by atoms with Crippen molar-refractivity contribution in [1.29, 1.82) is 0 Å². The number of nitrogens with one attached hydrogen (secondary N) is 1. The van der Waals surface area contributed by atoms with E-state index < -0.39 is 10.8 Å². The third kappa shape index (κ3) is 4.06. The Morgan fingerprint density at radius 3 is 2.43 bits per heavy atom. The average Bonchev–Trinajstić information content (AvgIpc) is 2.49. The first-order chi connectivity index (χ1) is 10.9. The minimum absolute atomic E-state index is 0.127. The molecule has 6 nitrogen and oxygen atoms in total. The number of hydrogen-bond donors (Lipinski definition) is 1. The van der Waals surface area contributed by atoms with Gasteiger partial charge in [0.15, 0.2) is 6.61 Å². The predicted octanol–water partition coefficient (Wildman–Crippen LogP) is 3.54. The maximum atomic E-state index is 12.0. The Balaban J connectivity index is 2.10. The van der Waals surface area contributed by atoms with Crippen molar-refractivity contribution in [2.75, 3.05) is 11.9 Å². The Bertz CT molecular complexity index is 756. The van der Waals surface area contributed by atoms with Gasteiger partial charge in [-0.05, 0) is 49.6 Å². The highest BCUT2D eigenvalue weighted by Gasteiger charge is 2.17. The van der Waals surface area contributed by atoms with Crippen LogP contribution in [-0.4, -0.2) is 17.4 Å². The van der Waals surface area contributed by atoms with Crippen LogP contribution in [0.5, 0.6) is 5.75 Å². The van der Waals surface area contributed by atoms with E-state index in [-0.39, 0.29) is 18.0 Å². The largest absolute Gasteiger partial charge is 0.483 e. The molecule has 6 heteroatoms. The second-order valence-electron chi connectivity index (χ2n) is 5.31. The minimum Gasteiger partial charge on any atom is -0.483 e. The number of anilines is 1. The maximum Gasteiger partial charge on any atom is 0.293 e. The van der Waals surface area contributed by atoms with Gasteiger partial charge in [-0.25, -0.2) is 0 Å². The number of hydrogen-bond acceptors (Lipinski definition) is 4. The summed E-state index contributed by atoms with van der Waals surface area (Å²) in [5.74, 6) is 0.164. The predicted molar refractivity (Wildman–Crippen MR) is 87.9 cm³/mol. The Kier molecular flexibility index (Phi) is 4.95. The molecule has 0 atom stereocenters. The fraction of sp³-hybridized carbons (Fsp3) is 0.235. The van der Waals surface area contributed by atoms with Gasteiger partial charge in [-0.15, -0.1) is 0 Å². The van der Waals surface area contributed by atoms with Crippen LogP contribution in [0, 0.1) is 30.9 Å². The number of nitro benzene ring substituents is 1. The highest BCUT2D eigenvalue weighted by molar-refractivity contribution is 5.94. The van der Waals surface area contributed by atoms with Crippen molar-refractivity contribution in [3.8, 4) is 5.75 Å². The zero-order valence-electron chi connectivity index (χ0n) is 13.3. The van der Waals surface area contributed by atoms with Gasteiger partial charge in [-0.3, -0.25) is 14.9 Å². The third-order valence-corrected chi connectivity index (χ3v) is 3.54. The summed E-state index contributed by atoms with van der Waals surface area (Å²) in [5, 5.41) is 13.7. The van der Waals surface area contributed by atoms with Gasteiger partial charge in [0.1, 0.15) is 11.4 Å². The molecule has 0 radical (unpaired) electrons. The number of ether oxygens (including phenoxy) is 1. The van der Waals surface area contributed by atoms with Crippen molar-refractivity contribution in [2.24, 2.45) is 0 Å². The molecule has 0 heterocycles. The molecule has 0 aliphatic carbocycles. The second-order valence-corrected chi connectivity index (χ2v) is 5.31. The molecule has 0 saturated heterocycles. The van der Waals surface area contributed by atoms with E-state index in [0.717, 1.165) is 16.7 Å². The van der Waals surface area contributed by atoms with Crippen molar-refractivity contribution >= 4 is 17.3 Å². The lowest BCUT2D eigenvalue weighted by Crippen LogP contribution is -2.21. The van der Waals surface area contributed by atoms with Gasteiger partial charge in [0.2, 0.25) is 0 Å². The molecule has 23 heavy (non-hydrogen) atoms. The Labute approximate surface area is 134 Å². The lowest BCUT2D eigenvalue weighted by Gasteiger charge is -2.11. The molecule has 0 aliphatic heterocycles. The van der Waals surface area contributed by atoms with Crippen LogP contribution in [-0.2, 0) is 4.79 Å². The molecule has 0 spiro atoms. The normalized spacial score (nSPS) is 10.2. The fourth-order valence-corrected chi connectivity index (χ4v) is 2.10. The summed E-state index contributed by atoms with van der Waals surface area (Å²) < 4.78 is 5.44. The highest BCUT2D eigenvalue weighted by atomic mass is 16.6. The minimum atomic E-state index is -0.510. The summed E-state index contributed by atoms with van der Waals surface area (Å²) in [5.41, 5.74) is 2.63. The van der Waals surface area contributed by atoms with E-state index in [4.69, 9.17) is 4.74 Å². The molecule has 2 aromatic carbocycles. The van der Waals surface area contributed by atoms with Gasteiger partial charge in [-0.1, -0.05) is 18.2 Å². The van der Waals surface area contributed by atoms with Crippen molar-refractivity contribution in [2.45, 2.75) is 20.8 Å². The average molecular weight is 314 g/mol. The molecule has 2 rings (SSSR count). The van der Waals surface area contributed by atoms with Gasteiger partial charge < -0.3 is 10.1 Å². The molecule has 0 unspecified atom stereocenters. The lowest BCUT2D eigenvalue weighted by atomic mass is 10.1. The van der Waals surface area contributed by atoms with Crippen molar-refractivity contribution in [1.82, 2.24) is 0 Å². The molecule has 2 aromatic rings. The summed E-state index contributed by atoms with van der Waals surface area (Å²) in [7, 11) is 0. The van der Waals surface area contributed by atoms with E-state index in [1.165, 1.54) is 6.07 Å². The van der Waals surface area contributed by atoms with Crippen molar-refractivity contribution < 1.29 is 14.5 Å². The first-order valence-electron chi connectivity index (χ1n) is 7.12. The molecule has 0 saturated carbocycles. The Hall–Kier alpha value is -2.89. The van der Waals surface area contributed by atoms with E-state index in [0.29, 0.717) is 5.75 Å². The molecular weight excluding hydrogens is 296 g/mol. The topological polar surface area (TPSA) is 81.5 Å². The first kappa shape index (κ1) is 16.5. The number of carbonyl (C=O) groups excluding carboxylic acids is 1. The van der Waals surface area contributed by atoms with E-state index in [1.807, 2.05) is 32.0 Å². The smallest absolute Gasteiger partial charge is 0.293 e. The number of para-hydroxylation sites is 1. The summed E-state index contributed by atoms with van der Waals surface area (Å²) in [6.07, 6.45) is 0. The van der Waals surface area contributed by atoms with Crippen LogP contribution in [0.15, 0.2) is 36.4 Å². The number of benzene rings is 2. The number of nitro groups is 1. The number of amides is 1. The van der Waals surface area contributed by atoms with E-state index in [2.05, 4.69) is 5.32 Å². The maximum absolute atomic E-state index is 12.0. The Morgan fingerprint density at radius 2 is 1.78 bits per heavy atom. The standard InChI is InChI=1S/C17H18N2O4/c1-11-6-4-5-7-16(11)23-10-17(20)18-14-8-12(2)13(3)9-15(14)19(21)22/h4-9H,10H2,1-3H3,(H,18,20). The highest BCUT2D eigenvalue weighted by Crippen LogP contribution is 2.28. The second kappa shape index (κ2) is 6.91. The lowest BCUT2D eigenvalue weighted by molar-refractivity contribution is -0.384. The zero-order chi connectivity index (χ0) is 17.0. The number of nitrogens with zero attached hydrogens (tertiary/aromatic N) is 1. The van der Waals surface area contributed by atoms with Gasteiger partial charge in [0.05, 0.1) is 4.92 Å². The fourth-order valence-electron chi connectivity index (χ4n) is 2.10. The van der Waals surface area contributed by atoms with Crippen LogP contribution < -0.4 is 10.1 Å². The molecular formula is C17H18N2O4. The van der Waals surface area contributed by atoms with Crippen LogP contribution in [0.25, 0.3) is 0 Å². The Morgan fingerprint density at radius 1 is 1.13 bits per heavy atom. The van der Waals surface area contributed by atoms with Crippen LogP contribution in [0.3, 0.4) is 0 Å². The van der Waals surface area contributed by atoms with Gasteiger partial charge in [-0.2, -0.15) is 0 Å². The third-order valence-electron chi connectivity index (χ3n) is 3.54. The monoisotopic (exact) mass is 314 g/mol. The molecule has 1 N–H and O–H groups in total. The summed E-state index contributed by atoms with van der Waals surface area (Å²) >= 11 is 0. The molecule has 0 fully saturated rings. The summed E-state index contributed by atoms with van der Waals surface area (Å²) in [4.78, 5) is 22.6. The molecule has 0 aliphatic rings. The van der Waals surface area contributed by atoms with Gasteiger partial charge >= 0.3 is 0 Å². The van der Waals surface area contributed by atoms with Crippen LogP contribution >= 0.6 is 0 Å². The summed E-state index contributed by atoms with van der Waals surface area (Å²) in [6.45, 7) is 5.28.